The van der Waals surface area contributed by atoms with Crippen LogP contribution in [0.4, 0.5) is 4.39 Å². The molecule has 1 rings (SSSR count). The van der Waals surface area contributed by atoms with Crippen molar-refractivity contribution in [1.29, 1.82) is 5.26 Å². The molecule has 0 aromatic heterocycles. The summed E-state index contributed by atoms with van der Waals surface area (Å²) in [5, 5.41) is 8.91. The Morgan fingerprint density at radius 3 is 2.67 bits per heavy atom. The zero-order valence-corrected chi connectivity index (χ0v) is 12.6. The van der Waals surface area contributed by atoms with Crippen LogP contribution in [0.1, 0.15) is 12.5 Å². The summed E-state index contributed by atoms with van der Waals surface area (Å²) in [5.74, 6) is -2.15. The highest BCUT2D eigenvalue weighted by Gasteiger charge is 2.28. The van der Waals surface area contributed by atoms with Crippen molar-refractivity contribution in [1.82, 2.24) is 4.31 Å². The predicted molar refractivity (Wildman–Crippen MR) is 72.1 cm³/mol. The molecule has 114 valence electrons. The van der Waals surface area contributed by atoms with Gasteiger partial charge < -0.3 is 4.74 Å². The number of esters is 1. The van der Waals surface area contributed by atoms with Crippen molar-refractivity contribution in [2.45, 2.75) is 11.8 Å². The van der Waals surface area contributed by atoms with Gasteiger partial charge in [0.2, 0.25) is 10.0 Å². The Balaban J connectivity index is 3.15. The lowest BCUT2D eigenvalue weighted by Crippen LogP contribution is -2.34. The van der Waals surface area contributed by atoms with E-state index in [1.165, 1.54) is 33.2 Å². The minimum Gasteiger partial charge on any atom is -0.469 e. The summed E-state index contributed by atoms with van der Waals surface area (Å²) < 4.78 is 43.7. The van der Waals surface area contributed by atoms with Crippen molar-refractivity contribution in [3.05, 3.63) is 29.6 Å². The van der Waals surface area contributed by atoms with Crippen molar-refractivity contribution in [3.63, 3.8) is 0 Å². The summed E-state index contributed by atoms with van der Waals surface area (Å²) in [6.45, 7) is 1.37. The first-order valence-corrected chi connectivity index (χ1v) is 7.42. The maximum atomic E-state index is 13.5. The van der Waals surface area contributed by atoms with Gasteiger partial charge in [-0.1, -0.05) is 13.0 Å². The molecular weight excluding hydrogens is 299 g/mol. The van der Waals surface area contributed by atoms with Crippen molar-refractivity contribution in [2.24, 2.45) is 5.92 Å². The third kappa shape index (κ3) is 3.56. The first kappa shape index (κ1) is 17.1. The summed E-state index contributed by atoms with van der Waals surface area (Å²) in [4.78, 5) is 10.9. The third-order valence-corrected chi connectivity index (χ3v) is 4.78. The number of hydrogen-bond donors (Lipinski definition) is 0. The molecule has 0 fully saturated rings. The molecule has 1 aromatic rings. The maximum absolute atomic E-state index is 13.5. The summed E-state index contributed by atoms with van der Waals surface area (Å²) in [7, 11) is -1.63. The normalized spacial score (nSPS) is 12.8. The monoisotopic (exact) mass is 314 g/mol. The zero-order chi connectivity index (χ0) is 16.2. The molecule has 1 aromatic carbocycles. The number of carbonyl (C=O) groups excluding carboxylic acids is 1. The number of ether oxygens (including phenoxy) is 1. The second-order valence-electron chi connectivity index (χ2n) is 4.43. The Labute approximate surface area is 122 Å². The number of methoxy groups -OCH3 is 1. The Morgan fingerprint density at radius 1 is 1.52 bits per heavy atom. The van der Waals surface area contributed by atoms with Gasteiger partial charge in [-0.25, -0.2) is 17.1 Å². The van der Waals surface area contributed by atoms with Gasteiger partial charge in [0, 0.05) is 13.6 Å². The van der Waals surface area contributed by atoms with Crippen LogP contribution in [0.2, 0.25) is 0 Å². The molecule has 8 heteroatoms. The molecule has 0 amide bonds. The number of hydrogen-bond acceptors (Lipinski definition) is 5. The Morgan fingerprint density at radius 2 is 2.14 bits per heavy atom. The van der Waals surface area contributed by atoms with Gasteiger partial charge >= 0.3 is 5.97 Å². The molecule has 0 bridgehead atoms. The van der Waals surface area contributed by atoms with Gasteiger partial charge in [0.1, 0.15) is 22.3 Å². The molecule has 0 aliphatic heterocycles. The minimum atomic E-state index is -4.08. The van der Waals surface area contributed by atoms with Crippen molar-refractivity contribution < 1.29 is 22.3 Å². The number of rotatable bonds is 5. The fraction of sp³-hybridized carbons (Fsp3) is 0.385. The molecule has 1 unspecified atom stereocenters. The van der Waals surface area contributed by atoms with Crippen LogP contribution in [0, 0.1) is 23.1 Å². The molecular formula is C13H15FN2O4S. The molecule has 0 radical (unpaired) electrons. The minimum absolute atomic E-state index is 0.142. The lowest BCUT2D eigenvalue weighted by Gasteiger charge is -2.20. The van der Waals surface area contributed by atoms with E-state index in [4.69, 9.17) is 5.26 Å². The smallest absolute Gasteiger partial charge is 0.309 e. The SMILES string of the molecule is COC(=O)C(C)CN(C)S(=O)(=O)c1cccc(F)c1C#N. The molecule has 1 atom stereocenters. The molecule has 21 heavy (non-hydrogen) atoms. The van der Waals surface area contributed by atoms with Crippen LogP contribution in [0.25, 0.3) is 0 Å². The van der Waals surface area contributed by atoms with Crippen LogP contribution in [0.5, 0.6) is 0 Å². The average molecular weight is 314 g/mol. The Hall–Kier alpha value is -1.98. The number of carbonyl (C=O) groups is 1. The summed E-state index contributed by atoms with van der Waals surface area (Å²) in [6, 6.07) is 4.91. The molecule has 0 saturated carbocycles. The van der Waals surface area contributed by atoms with Gasteiger partial charge in [-0.05, 0) is 12.1 Å². The zero-order valence-electron chi connectivity index (χ0n) is 11.8. The van der Waals surface area contributed by atoms with E-state index < -0.39 is 38.2 Å². The van der Waals surface area contributed by atoms with Gasteiger partial charge in [-0.2, -0.15) is 5.26 Å². The van der Waals surface area contributed by atoms with Crippen LogP contribution in [0.3, 0.4) is 0 Å². The average Bonchev–Trinajstić information content (AvgIpc) is 2.45. The van der Waals surface area contributed by atoms with E-state index in [9.17, 15) is 17.6 Å². The first-order valence-electron chi connectivity index (χ1n) is 5.98. The van der Waals surface area contributed by atoms with E-state index >= 15 is 0 Å². The highest BCUT2D eigenvalue weighted by molar-refractivity contribution is 7.89. The molecule has 0 spiro atoms. The predicted octanol–water partition coefficient (Wildman–Crippen LogP) is 1.13. The van der Waals surface area contributed by atoms with E-state index in [1.54, 1.807) is 0 Å². The second kappa shape index (κ2) is 6.65. The summed E-state index contributed by atoms with van der Waals surface area (Å²) in [5.41, 5.74) is -0.546. The second-order valence-corrected chi connectivity index (χ2v) is 6.45. The van der Waals surface area contributed by atoms with E-state index in [-0.39, 0.29) is 6.54 Å². The Kier molecular flexibility index (Phi) is 5.41. The van der Waals surface area contributed by atoms with Gasteiger partial charge in [-0.15, -0.1) is 0 Å². The fourth-order valence-corrected chi connectivity index (χ4v) is 3.16. The van der Waals surface area contributed by atoms with Gasteiger partial charge in [-0.3, -0.25) is 4.79 Å². The lowest BCUT2D eigenvalue weighted by molar-refractivity contribution is -0.144. The van der Waals surface area contributed by atoms with Crippen molar-refractivity contribution in [2.75, 3.05) is 20.7 Å². The topological polar surface area (TPSA) is 87.5 Å². The van der Waals surface area contributed by atoms with E-state index in [2.05, 4.69) is 4.74 Å². The van der Waals surface area contributed by atoms with E-state index in [1.807, 2.05) is 0 Å². The molecule has 0 aliphatic carbocycles. The van der Waals surface area contributed by atoms with E-state index in [0.29, 0.717) is 0 Å². The molecule has 0 saturated heterocycles. The number of halogens is 1. The largest absolute Gasteiger partial charge is 0.469 e. The van der Waals surface area contributed by atoms with Crippen molar-refractivity contribution in [3.8, 4) is 6.07 Å². The highest BCUT2D eigenvalue weighted by atomic mass is 32.2. The summed E-state index contributed by atoms with van der Waals surface area (Å²) >= 11 is 0. The van der Waals surface area contributed by atoms with Crippen LogP contribution in [-0.2, 0) is 19.6 Å². The third-order valence-electron chi connectivity index (χ3n) is 2.91. The summed E-state index contributed by atoms with van der Waals surface area (Å²) in [6.07, 6.45) is 0. The van der Waals surface area contributed by atoms with Crippen LogP contribution in [-0.4, -0.2) is 39.4 Å². The van der Waals surface area contributed by atoms with Gasteiger partial charge in [0.05, 0.1) is 13.0 Å². The quantitative estimate of drug-likeness (QED) is 0.760. The molecule has 0 aliphatic rings. The number of nitriles is 1. The highest BCUT2D eigenvalue weighted by Crippen LogP contribution is 2.22. The van der Waals surface area contributed by atoms with E-state index in [0.717, 1.165) is 16.4 Å². The lowest BCUT2D eigenvalue weighted by atomic mass is 10.2. The van der Waals surface area contributed by atoms with Crippen molar-refractivity contribution >= 4 is 16.0 Å². The Bertz CT molecular complexity index is 682. The number of benzene rings is 1. The van der Waals surface area contributed by atoms with Crippen LogP contribution >= 0.6 is 0 Å². The molecule has 6 nitrogen and oxygen atoms in total. The fourth-order valence-electron chi connectivity index (χ4n) is 1.76. The molecule has 0 heterocycles. The maximum Gasteiger partial charge on any atom is 0.309 e. The standard InChI is InChI=1S/C13H15FN2O4S/c1-9(13(17)20-3)8-16(2)21(18,19)12-6-4-5-11(14)10(12)7-15/h4-6,9H,8H2,1-3H3. The number of sulfonamides is 1. The number of nitrogens with zero attached hydrogens (tertiary/aromatic N) is 2. The van der Waals surface area contributed by atoms with Crippen LogP contribution < -0.4 is 0 Å². The van der Waals surface area contributed by atoms with Gasteiger partial charge in [0.25, 0.3) is 0 Å². The molecule has 0 N–H and O–H groups in total. The van der Waals surface area contributed by atoms with Crippen LogP contribution in [0.15, 0.2) is 23.1 Å². The first-order chi connectivity index (χ1) is 9.75. The van der Waals surface area contributed by atoms with Gasteiger partial charge in [0.15, 0.2) is 0 Å².